The van der Waals surface area contributed by atoms with Gasteiger partial charge in [0, 0.05) is 16.5 Å². The summed E-state index contributed by atoms with van der Waals surface area (Å²) in [6, 6.07) is 4.29. The number of nitrogens with zero attached hydrogens (tertiary/aromatic N) is 2. The van der Waals surface area contributed by atoms with Crippen molar-refractivity contribution in [2.24, 2.45) is 0 Å². The molecule has 2 aromatic rings. The minimum Gasteiger partial charge on any atom is -0.338 e. The lowest BCUT2D eigenvalue weighted by Crippen LogP contribution is -2.10. The highest BCUT2D eigenvalue weighted by Crippen LogP contribution is 2.31. The van der Waals surface area contributed by atoms with Crippen LogP contribution >= 0.6 is 15.9 Å². The van der Waals surface area contributed by atoms with Gasteiger partial charge in [-0.2, -0.15) is 4.98 Å². The number of ketones is 1. The van der Waals surface area contributed by atoms with Crippen LogP contribution in [0.5, 0.6) is 0 Å². The maximum Gasteiger partial charge on any atom is 0.237 e. The van der Waals surface area contributed by atoms with Crippen LogP contribution in [0.25, 0.3) is 11.4 Å². The van der Waals surface area contributed by atoms with Gasteiger partial charge >= 0.3 is 0 Å². The Balaban J connectivity index is 1.92. The van der Waals surface area contributed by atoms with Crippen molar-refractivity contribution >= 4 is 21.7 Å². The summed E-state index contributed by atoms with van der Waals surface area (Å²) < 4.78 is 19.3. The summed E-state index contributed by atoms with van der Waals surface area (Å²) in [5, 5.41) is 3.89. The Bertz CT molecular complexity index is 671. The van der Waals surface area contributed by atoms with Crippen molar-refractivity contribution in [2.45, 2.75) is 38.0 Å². The molecular weight excluding hydrogens is 339 g/mol. The molecule has 0 saturated heterocycles. The monoisotopic (exact) mass is 352 g/mol. The third kappa shape index (κ3) is 3.05. The Hall–Kier alpha value is -1.56. The van der Waals surface area contributed by atoms with Crippen molar-refractivity contribution in [3.8, 4) is 11.4 Å². The molecule has 1 aliphatic carbocycles. The molecule has 6 heteroatoms. The fraction of sp³-hybridized carbons (Fsp3) is 0.400. The minimum absolute atomic E-state index is 0.154. The van der Waals surface area contributed by atoms with E-state index in [1.165, 1.54) is 12.1 Å². The average Bonchev–Trinajstić information content (AvgIpc) is 2.84. The number of benzene rings is 1. The van der Waals surface area contributed by atoms with Gasteiger partial charge in [0.05, 0.1) is 5.92 Å². The second-order valence-electron chi connectivity index (χ2n) is 5.20. The van der Waals surface area contributed by atoms with Crippen LogP contribution in [-0.2, 0) is 4.79 Å². The molecular formula is C15H14BrFN2O2. The molecule has 0 spiro atoms. The molecule has 1 atom stereocenters. The first kappa shape index (κ1) is 14.4. The molecule has 110 valence electrons. The number of hydrogen-bond acceptors (Lipinski definition) is 4. The number of Topliss-reactive ketones (excluding diaryl/α,β-unsaturated/α-hetero) is 1. The lowest BCUT2D eigenvalue weighted by molar-refractivity contribution is -0.120. The van der Waals surface area contributed by atoms with Gasteiger partial charge in [0.2, 0.25) is 11.7 Å². The molecule has 4 nitrogen and oxygen atoms in total. The maximum atomic E-state index is 13.3. The van der Waals surface area contributed by atoms with Crippen molar-refractivity contribution in [2.75, 3.05) is 0 Å². The van der Waals surface area contributed by atoms with Crippen LogP contribution in [0.4, 0.5) is 4.39 Å². The number of halogens is 2. The van der Waals surface area contributed by atoms with Crippen LogP contribution in [0.3, 0.4) is 0 Å². The third-order valence-electron chi connectivity index (χ3n) is 3.71. The highest BCUT2D eigenvalue weighted by Gasteiger charge is 2.28. The zero-order chi connectivity index (χ0) is 14.8. The van der Waals surface area contributed by atoms with Crippen LogP contribution < -0.4 is 0 Å². The van der Waals surface area contributed by atoms with Crippen molar-refractivity contribution in [3.63, 3.8) is 0 Å². The Morgan fingerprint density at radius 1 is 1.29 bits per heavy atom. The van der Waals surface area contributed by atoms with Crippen molar-refractivity contribution in [3.05, 3.63) is 34.4 Å². The van der Waals surface area contributed by atoms with Gasteiger partial charge in [0.25, 0.3) is 0 Å². The molecule has 1 fully saturated rings. The van der Waals surface area contributed by atoms with E-state index in [0.29, 0.717) is 28.2 Å². The SMILES string of the molecule is O=C1CCCCCC1c1nc(-c2cc(F)ccc2Br)no1. The quantitative estimate of drug-likeness (QED) is 0.758. The van der Waals surface area contributed by atoms with Gasteiger partial charge in [-0.05, 0) is 31.0 Å². The summed E-state index contributed by atoms with van der Waals surface area (Å²) >= 11 is 3.34. The number of rotatable bonds is 2. The lowest BCUT2D eigenvalue weighted by Gasteiger charge is -2.06. The largest absolute Gasteiger partial charge is 0.338 e. The van der Waals surface area contributed by atoms with Gasteiger partial charge in [0.1, 0.15) is 11.6 Å². The van der Waals surface area contributed by atoms with Crippen molar-refractivity contribution in [1.29, 1.82) is 0 Å². The van der Waals surface area contributed by atoms with E-state index in [2.05, 4.69) is 26.1 Å². The Morgan fingerprint density at radius 3 is 3.00 bits per heavy atom. The fourth-order valence-corrected chi connectivity index (χ4v) is 3.00. The standard InChI is InChI=1S/C15H14BrFN2O2/c16-12-7-6-9(17)8-11(12)14-18-15(21-19-14)10-4-2-1-3-5-13(10)20/h6-8,10H,1-5H2. The summed E-state index contributed by atoms with van der Waals surface area (Å²) in [7, 11) is 0. The topological polar surface area (TPSA) is 56.0 Å². The van der Waals surface area contributed by atoms with Crippen LogP contribution in [0, 0.1) is 5.82 Å². The van der Waals surface area contributed by atoms with Crippen LogP contribution in [-0.4, -0.2) is 15.9 Å². The predicted octanol–water partition coefficient (Wildman–Crippen LogP) is 4.26. The smallest absolute Gasteiger partial charge is 0.237 e. The fourth-order valence-electron chi connectivity index (χ4n) is 2.58. The predicted molar refractivity (Wildman–Crippen MR) is 78.2 cm³/mol. The Kier molecular flexibility index (Phi) is 4.14. The number of aromatic nitrogens is 2. The molecule has 0 amide bonds. The molecule has 1 aliphatic rings. The first-order valence-electron chi connectivity index (χ1n) is 6.97. The van der Waals surface area contributed by atoms with Gasteiger partial charge in [-0.15, -0.1) is 0 Å². The first-order valence-corrected chi connectivity index (χ1v) is 7.76. The van der Waals surface area contributed by atoms with E-state index < -0.39 is 0 Å². The highest BCUT2D eigenvalue weighted by atomic mass is 79.9. The summed E-state index contributed by atoms with van der Waals surface area (Å²) in [5.41, 5.74) is 0.520. The van der Waals surface area contributed by atoms with Gasteiger partial charge in [-0.3, -0.25) is 4.79 Å². The van der Waals surface area contributed by atoms with Crippen LogP contribution in [0.15, 0.2) is 27.2 Å². The van der Waals surface area contributed by atoms with E-state index in [0.717, 1.165) is 25.7 Å². The van der Waals surface area contributed by atoms with E-state index in [9.17, 15) is 9.18 Å². The van der Waals surface area contributed by atoms with E-state index >= 15 is 0 Å². The first-order chi connectivity index (χ1) is 10.1. The molecule has 1 aromatic heterocycles. The number of carbonyl (C=O) groups excluding carboxylic acids is 1. The van der Waals surface area contributed by atoms with Crippen molar-refractivity contribution in [1.82, 2.24) is 10.1 Å². The summed E-state index contributed by atoms with van der Waals surface area (Å²) in [6.45, 7) is 0. The zero-order valence-corrected chi connectivity index (χ0v) is 12.9. The van der Waals surface area contributed by atoms with Gasteiger partial charge in [0.15, 0.2) is 0 Å². The van der Waals surface area contributed by atoms with Gasteiger partial charge in [-0.25, -0.2) is 4.39 Å². The Labute approximate surface area is 129 Å². The van der Waals surface area contributed by atoms with Gasteiger partial charge < -0.3 is 4.52 Å². The van der Waals surface area contributed by atoms with E-state index in [1.807, 2.05) is 0 Å². The molecule has 1 saturated carbocycles. The third-order valence-corrected chi connectivity index (χ3v) is 4.41. The second-order valence-corrected chi connectivity index (χ2v) is 6.05. The molecule has 1 aromatic carbocycles. The normalized spacial score (nSPS) is 19.5. The average molecular weight is 353 g/mol. The molecule has 0 aliphatic heterocycles. The lowest BCUT2D eigenvalue weighted by atomic mass is 9.99. The summed E-state index contributed by atoms with van der Waals surface area (Å²) in [5.74, 6) is 0.105. The van der Waals surface area contributed by atoms with Gasteiger partial charge in [-0.1, -0.05) is 33.9 Å². The molecule has 0 N–H and O–H groups in total. The van der Waals surface area contributed by atoms with E-state index in [-0.39, 0.29) is 17.5 Å². The molecule has 0 bridgehead atoms. The minimum atomic E-state index is -0.370. The molecule has 1 heterocycles. The summed E-state index contributed by atoms with van der Waals surface area (Å²) in [6.07, 6.45) is 4.26. The van der Waals surface area contributed by atoms with Crippen molar-refractivity contribution < 1.29 is 13.7 Å². The van der Waals surface area contributed by atoms with Crippen LogP contribution in [0.1, 0.15) is 43.9 Å². The van der Waals surface area contributed by atoms with E-state index in [4.69, 9.17) is 4.52 Å². The summed E-state index contributed by atoms with van der Waals surface area (Å²) in [4.78, 5) is 16.4. The Morgan fingerprint density at radius 2 is 2.14 bits per heavy atom. The molecule has 3 rings (SSSR count). The van der Waals surface area contributed by atoms with E-state index in [1.54, 1.807) is 6.07 Å². The number of hydrogen-bond donors (Lipinski definition) is 0. The maximum absolute atomic E-state index is 13.3. The number of carbonyl (C=O) groups is 1. The van der Waals surface area contributed by atoms with Crippen LogP contribution in [0.2, 0.25) is 0 Å². The zero-order valence-electron chi connectivity index (χ0n) is 11.3. The molecule has 21 heavy (non-hydrogen) atoms. The molecule has 1 unspecified atom stereocenters. The molecule has 0 radical (unpaired) electrons. The second kappa shape index (κ2) is 6.05. The highest BCUT2D eigenvalue weighted by molar-refractivity contribution is 9.10.